The second-order valence-corrected chi connectivity index (χ2v) is 10.1. The van der Waals surface area contributed by atoms with E-state index in [2.05, 4.69) is 5.32 Å². The molecular formula is C25H35N3O5S. The highest BCUT2D eigenvalue weighted by atomic mass is 32.2. The van der Waals surface area contributed by atoms with Gasteiger partial charge in [-0.2, -0.15) is 0 Å². The molecule has 0 bridgehead atoms. The lowest BCUT2D eigenvalue weighted by atomic mass is 10.1. The average molecular weight is 490 g/mol. The molecule has 2 aromatic carbocycles. The number of para-hydroxylation sites is 2. The zero-order valence-corrected chi connectivity index (χ0v) is 21.4. The quantitative estimate of drug-likeness (QED) is 0.494. The highest BCUT2D eigenvalue weighted by Gasteiger charge is 2.28. The monoisotopic (exact) mass is 489 g/mol. The number of nitrogens with zero attached hydrogens (tertiary/aromatic N) is 2. The lowest BCUT2D eigenvalue weighted by Gasteiger charge is -2.31. The van der Waals surface area contributed by atoms with Crippen molar-refractivity contribution in [2.75, 3.05) is 31.3 Å². The normalized spacial score (nSPS) is 12.0. The fraction of sp³-hybridized carbons (Fsp3) is 0.440. The molecule has 0 heterocycles. The number of hydrogen-bond donors (Lipinski definition) is 1. The lowest BCUT2D eigenvalue weighted by Crippen LogP contribution is -2.48. The van der Waals surface area contributed by atoms with Crippen molar-refractivity contribution >= 4 is 27.5 Å². The summed E-state index contributed by atoms with van der Waals surface area (Å²) in [5, 5.41) is 2.64. The molecule has 2 rings (SSSR count). The molecule has 0 radical (unpaired) electrons. The van der Waals surface area contributed by atoms with Gasteiger partial charge in [0.2, 0.25) is 21.8 Å². The first-order valence-corrected chi connectivity index (χ1v) is 13.1. The minimum Gasteiger partial charge on any atom is -0.495 e. The summed E-state index contributed by atoms with van der Waals surface area (Å²) in [5.41, 5.74) is 2.43. The van der Waals surface area contributed by atoms with Crippen LogP contribution in [0.1, 0.15) is 37.3 Å². The van der Waals surface area contributed by atoms with Crippen molar-refractivity contribution in [2.24, 2.45) is 0 Å². The van der Waals surface area contributed by atoms with Gasteiger partial charge in [-0.25, -0.2) is 8.42 Å². The molecule has 34 heavy (non-hydrogen) atoms. The van der Waals surface area contributed by atoms with Crippen LogP contribution in [-0.2, 0) is 26.2 Å². The number of hydrogen-bond acceptors (Lipinski definition) is 5. The van der Waals surface area contributed by atoms with E-state index in [1.54, 1.807) is 36.2 Å². The summed E-state index contributed by atoms with van der Waals surface area (Å²) < 4.78 is 31.5. The third-order valence-electron chi connectivity index (χ3n) is 5.57. The number of aryl methyl sites for hydroxylation is 1. The number of amides is 2. The van der Waals surface area contributed by atoms with Crippen molar-refractivity contribution in [2.45, 2.75) is 45.7 Å². The summed E-state index contributed by atoms with van der Waals surface area (Å²) in [6.07, 6.45) is 1.98. The van der Waals surface area contributed by atoms with Crippen LogP contribution < -0.4 is 14.4 Å². The van der Waals surface area contributed by atoms with Gasteiger partial charge in [-0.15, -0.1) is 0 Å². The number of nitrogens with one attached hydrogen (secondary N) is 1. The van der Waals surface area contributed by atoms with E-state index in [0.29, 0.717) is 30.8 Å². The van der Waals surface area contributed by atoms with Gasteiger partial charge in [-0.05, 0) is 37.5 Å². The molecule has 186 valence electrons. The first kappa shape index (κ1) is 27.2. The summed E-state index contributed by atoms with van der Waals surface area (Å²) >= 11 is 0. The summed E-state index contributed by atoms with van der Waals surface area (Å²) in [6, 6.07) is 14.1. The average Bonchev–Trinajstić information content (AvgIpc) is 2.80. The molecule has 0 aromatic heterocycles. The van der Waals surface area contributed by atoms with E-state index in [4.69, 9.17) is 4.74 Å². The van der Waals surface area contributed by atoms with Gasteiger partial charge in [0.1, 0.15) is 11.8 Å². The molecule has 0 saturated heterocycles. The molecule has 8 nitrogen and oxygen atoms in total. The molecule has 9 heteroatoms. The van der Waals surface area contributed by atoms with Gasteiger partial charge in [-0.1, -0.05) is 48.9 Å². The van der Waals surface area contributed by atoms with Gasteiger partial charge in [0, 0.05) is 26.6 Å². The van der Waals surface area contributed by atoms with Crippen LogP contribution in [0.2, 0.25) is 0 Å². The number of carbonyl (C=O) groups is 2. The van der Waals surface area contributed by atoms with Crippen LogP contribution in [0.15, 0.2) is 48.5 Å². The standard InChI is InChI=1S/C25H35N3O5S/c1-6-21(25(30)26-3)27(18-20-12-9-11-19(2)17-20)24(29)15-10-16-28(34(5,31)32)22-13-7-8-14-23(22)33-4/h7-9,11-14,17,21H,6,10,15-16,18H2,1-5H3,(H,26,30)/t21-/m0/s1. The van der Waals surface area contributed by atoms with Gasteiger partial charge in [-0.3, -0.25) is 13.9 Å². The SMILES string of the molecule is CC[C@@H](C(=O)NC)N(Cc1cccc(C)c1)C(=O)CCCN(c1ccccc1OC)S(C)(=O)=O. The number of benzene rings is 2. The van der Waals surface area contributed by atoms with Crippen LogP contribution in [-0.4, -0.2) is 58.1 Å². The third-order valence-corrected chi connectivity index (χ3v) is 6.75. The van der Waals surface area contributed by atoms with E-state index in [1.165, 1.54) is 11.4 Å². The molecule has 2 aromatic rings. The lowest BCUT2D eigenvalue weighted by molar-refractivity contribution is -0.141. The predicted octanol–water partition coefficient (Wildman–Crippen LogP) is 3.10. The van der Waals surface area contributed by atoms with Gasteiger partial charge in [0.25, 0.3) is 0 Å². The highest BCUT2D eigenvalue weighted by molar-refractivity contribution is 7.92. The van der Waals surface area contributed by atoms with Crippen molar-refractivity contribution in [3.63, 3.8) is 0 Å². The molecule has 1 N–H and O–H groups in total. The maximum absolute atomic E-state index is 13.3. The first-order chi connectivity index (χ1) is 16.1. The van der Waals surface area contributed by atoms with E-state index in [1.807, 2.05) is 38.1 Å². The maximum atomic E-state index is 13.3. The number of methoxy groups -OCH3 is 1. The Morgan fingerprint density at radius 2 is 1.82 bits per heavy atom. The largest absolute Gasteiger partial charge is 0.495 e. The van der Waals surface area contributed by atoms with Crippen molar-refractivity contribution in [3.05, 3.63) is 59.7 Å². The zero-order valence-electron chi connectivity index (χ0n) is 20.6. The number of carbonyl (C=O) groups excluding carboxylic acids is 2. The second-order valence-electron chi connectivity index (χ2n) is 8.16. The zero-order chi connectivity index (χ0) is 25.3. The van der Waals surface area contributed by atoms with Crippen molar-refractivity contribution in [3.8, 4) is 5.75 Å². The van der Waals surface area contributed by atoms with Crippen molar-refractivity contribution < 1.29 is 22.7 Å². The van der Waals surface area contributed by atoms with E-state index < -0.39 is 16.1 Å². The summed E-state index contributed by atoms with van der Waals surface area (Å²) in [5.74, 6) is 0.00621. The van der Waals surface area contributed by atoms with Crippen LogP contribution in [0.4, 0.5) is 5.69 Å². The predicted molar refractivity (Wildman–Crippen MR) is 134 cm³/mol. The minimum absolute atomic E-state index is 0.0977. The Labute approximate surface area is 202 Å². The number of sulfonamides is 1. The van der Waals surface area contributed by atoms with Crippen LogP contribution in [0.5, 0.6) is 5.75 Å². The second kappa shape index (κ2) is 12.4. The molecular weight excluding hydrogens is 454 g/mol. The molecule has 0 aliphatic carbocycles. The Bertz CT molecular complexity index is 1090. The highest BCUT2D eigenvalue weighted by Crippen LogP contribution is 2.29. The van der Waals surface area contributed by atoms with Crippen LogP contribution >= 0.6 is 0 Å². The Balaban J connectivity index is 2.22. The van der Waals surface area contributed by atoms with Crippen LogP contribution in [0, 0.1) is 6.92 Å². The van der Waals surface area contributed by atoms with Crippen LogP contribution in [0.25, 0.3) is 0 Å². The van der Waals surface area contributed by atoms with E-state index in [0.717, 1.165) is 17.4 Å². The Morgan fingerprint density at radius 3 is 2.41 bits per heavy atom. The number of ether oxygens (including phenoxy) is 1. The Hall–Kier alpha value is -3.07. The first-order valence-electron chi connectivity index (χ1n) is 11.3. The van der Waals surface area contributed by atoms with Crippen molar-refractivity contribution in [1.82, 2.24) is 10.2 Å². The third kappa shape index (κ3) is 7.21. The number of anilines is 1. The molecule has 0 aliphatic rings. The minimum atomic E-state index is -3.60. The smallest absolute Gasteiger partial charge is 0.242 e. The molecule has 1 atom stereocenters. The number of likely N-dealkylation sites (N-methyl/N-ethyl adjacent to an activating group) is 1. The summed E-state index contributed by atoms with van der Waals surface area (Å²) in [7, 11) is -0.561. The summed E-state index contributed by atoms with van der Waals surface area (Å²) in [4.78, 5) is 27.4. The van der Waals surface area contributed by atoms with E-state index >= 15 is 0 Å². The molecule has 0 spiro atoms. The maximum Gasteiger partial charge on any atom is 0.242 e. The van der Waals surface area contributed by atoms with E-state index in [-0.39, 0.29) is 24.8 Å². The molecule has 0 fully saturated rings. The van der Waals surface area contributed by atoms with E-state index in [9.17, 15) is 18.0 Å². The summed E-state index contributed by atoms with van der Waals surface area (Å²) in [6.45, 7) is 4.25. The number of rotatable bonds is 12. The van der Waals surface area contributed by atoms with Crippen molar-refractivity contribution in [1.29, 1.82) is 0 Å². The van der Waals surface area contributed by atoms with Gasteiger partial charge >= 0.3 is 0 Å². The fourth-order valence-electron chi connectivity index (χ4n) is 3.91. The van der Waals surface area contributed by atoms with Gasteiger partial charge in [0.15, 0.2) is 0 Å². The molecule has 0 aliphatic heterocycles. The topological polar surface area (TPSA) is 96.0 Å². The fourth-order valence-corrected chi connectivity index (χ4v) is 4.88. The van der Waals surface area contributed by atoms with Gasteiger partial charge < -0.3 is 15.0 Å². The Morgan fingerprint density at radius 1 is 1.12 bits per heavy atom. The molecule has 0 saturated carbocycles. The van der Waals surface area contributed by atoms with Crippen LogP contribution in [0.3, 0.4) is 0 Å². The Kier molecular flexibility index (Phi) is 9.92. The molecule has 0 unspecified atom stereocenters. The molecule has 2 amide bonds. The van der Waals surface area contributed by atoms with Gasteiger partial charge in [0.05, 0.1) is 19.1 Å².